The number of likely N-dealkylation sites (tertiary alicyclic amines) is 1. The van der Waals surface area contributed by atoms with Gasteiger partial charge in [-0.2, -0.15) is 5.10 Å². The van der Waals surface area contributed by atoms with E-state index < -0.39 is 9.84 Å². The molecule has 0 aliphatic carbocycles. The number of aromatic nitrogens is 2. The Bertz CT molecular complexity index is 1460. The third-order valence-corrected chi connectivity index (χ3v) is 9.47. The van der Waals surface area contributed by atoms with Gasteiger partial charge < -0.3 is 14.4 Å². The van der Waals surface area contributed by atoms with E-state index in [1.165, 1.54) is 18.4 Å². The van der Waals surface area contributed by atoms with Gasteiger partial charge in [0, 0.05) is 43.9 Å². The van der Waals surface area contributed by atoms with Crippen LogP contribution in [0.3, 0.4) is 0 Å². The van der Waals surface area contributed by atoms with E-state index in [4.69, 9.17) is 14.6 Å². The molecule has 3 aromatic rings. The molecule has 1 atom stereocenters. The largest absolute Gasteiger partial charge is 0.378 e. The van der Waals surface area contributed by atoms with E-state index in [0.29, 0.717) is 49.7 Å². The second-order valence-corrected chi connectivity index (χ2v) is 12.2. The minimum absolute atomic E-state index is 0.147. The Morgan fingerprint density at radius 2 is 1.82 bits per heavy atom. The van der Waals surface area contributed by atoms with Crippen LogP contribution in [0.5, 0.6) is 0 Å². The summed E-state index contributed by atoms with van der Waals surface area (Å²) < 4.78 is 39.6. The highest BCUT2D eigenvalue weighted by Crippen LogP contribution is 2.41. The molecule has 1 amide bonds. The van der Waals surface area contributed by atoms with Gasteiger partial charge in [0.1, 0.15) is 6.23 Å². The zero-order chi connectivity index (χ0) is 27.0. The van der Waals surface area contributed by atoms with Gasteiger partial charge >= 0.3 is 0 Å². The molecule has 0 saturated carbocycles. The van der Waals surface area contributed by atoms with Gasteiger partial charge in [0.2, 0.25) is 0 Å². The van der Waals surface area contributed by atoms with Crippen LogP contribution in [-0.4, -0.2) is 79.6 Å². The molecule has 0 radical (unpaired) electrons. The predicted octanol–water partition coefficient (Wildman–Crippen LogP) is 3.65. The van der Waals surface area contributed by atoms with Gasteiger partial charge in [0.15, 0.2) is 15.5 Å². The number of piperidine rings is 1. The third kappa shape index (κ3) is 5.02. The molecule has 3 aliphatic heterocycles. The van der Waals surface area contributed by atoms with Crippen LogP contribution in [-0.2, 0) is 31.6 Å². The maximum Gasteiger partial charge on any atom is 0.274 e. The first-order chi connectivity index (χ1) is 19.0. The molecule has 4 heterocycles. The van der Waals surface area contributed by atoms with Crippen molar-refractivity contribution in [2.75, 3.05) is 39.5 Å². The number of morpholine rings is 1. The molecular weight excluding hydrogens is 516 g/mol. The summed E-state index contributed by atoms with van der Waals surface area (Å²) in [7, 11) is -3.61. The minimum Gasteiger partial charge on any atom is -0.378 e. The van der Waals surface area contributed by atoms with Crippen LogP contribution < -0.4 is 0 Å². The van der Waals surface area contributed by atoms with Gasteiger partial charge in [0.25, 0.3) is 5.91 Å². The highest BCUT2D eigenvalue weighted by atomic mass is 32.2. The van der Waals surface area contributed by atoms with Crippen LogP contribution in [0.25, 0.3) is 16.9 Å². The van der Waals surface area contributed by atoms with Crippen molar-refractivity contribution in [2.45, 2.75) is 49.6 Å². The first-order valence-electron chi connectivity index (χ1n) is 13.7. The monoisotopic (exact) mass is 550 g/mol. The number of nitrogens with zero attached hydrogens (tertiary/aromatic N) is 4. The molecule has 0 bridgehead atoms. The van der Waals surface area contributed by atoms with Crippen LogP contribution >= 0.6 is 0 Å². The average molecular weight is 551 g/mol. The maximum atomic E-state index is 13.6. The first-order valence-corrected chi connectivity index (χ1v) is 15.4. The number of hydrogen-bond donors (Lipinski definition) is 0. The second-order valence-electron chi connectivity index (χ2n) is 10.3. The van der Waals surface area contributed by atoms with E-state index in [1.54, 1.807) is 27.8 Å². The molecule has 3 aliphatic rings. The Labute approximate surface area is 229 Å². The number of fused-ring (bicyclic) bond motifs is 3. The number of benzene rings is 2. The van der Waals surface area contributed by atoms with Crippen molar-refractivity contribution in [1.29, 1.82) is 0 Å². The van der Waals surface area contributed by atoms with E-state index in [-0.39, 0.29) is 28.5 Å². The van der Waals surface area contributed by atoms with E-state index in [1.807, 2.05) is 25.1 Å². The fraction of sp³-hybridized carbons (Fsp3) is 0.448. The Kier molecular flexibility index (Phi) is 7.28. The lowest BCUT2D eigenvalue weighted by atomic mass is 10.0. The summed E-state index contributed by atoms with van der Waals surface area (Å²) in [4.78, 5) is 17.9. The Balaban J connectivity index is 1.38. The molecule has 9 nitrogen and oxygen atoms in total. The quantitative estimate of drug-likeness (QED) is 0.463. The topological polar surface area (TPSA) is 94.0 Å². The molecule has 2 saturated heterocycles. The maximum absolute atomic E-state index is 13.6. The second kappa shape index (κ2) is 10.8. The lowest BCUT2D eigenvalue weighted by Crippen LogP contribution is -2.41. The summed E-state index contributed by atoms with van der Waals surface area (Å²) in [6.07, 6.45) is 3.55. The molecule has 206 valence electrons. The number of rotatable bonds is 6. The summed E-state index contributed by atoms with van der Waals surface area (Å²) in [6, 6.07) is 15.1. The van der Waals surface area contributed by atoms with Crippen LogP contribution in [0, 0.1) is 0 Å². The van der Waals surface area contributed by atoms with Crippen molar-refractivity contribution in [1.82, 2.24) is 19.6 Å². The predicted molar refractivity (Wildman–Crippen MR) is 146 cm³/mol. The third-order valence-electron chi connectivity index (χ3n) is 7.78. The number of amides is 1. The molecule has 0 spiro atoms. The van der Waals surface area contributed by atoms with E-state index >= 15 is 0 Å². The summed E-state index contributed by atoms with van der Waals surface area (Å²) >= 11 is 0. The smallest absolute Gasteiger partial charge is 0.274 e. The molecular formula is C29H34N4O5S. The number of carbonyl (C=O) groups is 1. The minimum atomic E-state index is -3.61. The summed E-state index contributed by atoms with van der Waals surface area (Å²) in [5.41, 5.74) is 3.84. The van der Waals surface area contributed by atoms with Crippen LogP contribution in [0.1, 0.15) is 47.8 Å². The summed E-state index contributed by atoms with van der Waals surface area (Å²) in [5, 5.41) is 4.77. The Morgan fingerprint density at radius 3 is 2.59 bits per heavy atom. The average Bonchev–Trinajstić information content (AvgIpc) is 3.33. The van der Waals surface area contributed by atoms with Crippen molar-refractivity contribution < 1.29 is 22.7 Å². The van der Waals surface area contributed by atoms with Crippen LogP contribution in [0.4, 0.5) is 0 Å². The highest BCUT2D eigenvalue weighted by molar-refractivity contribution is 7.90. The Hall–Kier alpha value is -3.05. The van der Waals surface area contributed by atoms with Gasteiger partial charge in [-0.1, -0.05) is 30.3 Å². The van der Waals surface area contributed by atoms with E-state index in [0.717, 1.165) is 25.2 Å². The SMILES string of the molecule is CCOC1CCCCN1Cc1ccc(-n2nc(C(=O)N3CCOCC3)c3c2-c2ccccc2S(=O)(=O)C3)cc1. The summed E-state index contributed by atoms with van der Waals surface area (Å²) in [6.45, 7) is 6.37. The molecule has 39 heavy (non-hydrogen) atoms. The van der Waals surface area contributed by atoms with Crippen molar-refractivity contribution in [3.05, 3.63) is 65.4 Å². The molecule has 1 aromatic heterocycles. The number of carbonyl (C=O) groups excluding carboxylic acids is 1. The lowest BCUT2D eigenvalue weighted by molar-refractivity contribution is -0.0795. The van der Waals surface area contributed by atoms with E-state index in [9.17, 15) is 13.2 Å². The fourth-order valence-electron chi connectivity index (χ4n) is 5.84. The van der Waals surface area contributed by atoms with Gasteiger partial charge in [-0.25, -0.2) is 13.1 Å². The van der Waals surface area contributed by atoms with Gasteiger partial charge in [0.05, 0.1) is 35.2 Å². The van der Waals surface area contributed by atoms with Gasteiger partial charge in [-0.15, -0.1) is 0 Å². The van der Waals surface area contributed by atoms with Crippen LogP contribution in [0.15, 0.2) is 53.4 Å². The summed E-state index contributed by atoms with van der Waals surface area (Å²) in [5.74, 6) is -0.511. The lowest BCUT2D eigenvalue weighted by Gasteiger charge is -2.35. The number of ether oxygens (including phenoxy) is 2. The normalized spacial score (nSPS) is 20.8. The Morgan fingerprint density at radius 1 is 1.05 bits per heavy atom. The zero-order valence-corrected chi connectivity index (χ0v) is 23.0. The van der Waals surface area contributed by atoms with Crippen molar-refractivity contribution in [3.63, 3.8) is 0 Å². The highest BCUT2D eigenvalue weighted by Gasteiger charge is 2.37. The van der Waals surface area contributed by atoms with Gasteiger partial charge in [-0.3, -0.25) is 9.69 Å². The number of sulfone groups is 1. The first kappa shape index (κ1) is 26.2. The standard InChI is InChI=1S/C29H34N4O5S/c1-2-38-26-9-5-6-14-32(26)19-21-10-12-22(13-11-21)33-28-23-7-3-4-8-25(23)39(35,36)20-24(28)27(30-33)29(34)31-15-17-37-18-16-31/h3-4,7-8,10-13,26H,2,5-6,9,14-20H2,1H3. The van der Waals surface area contributed by atoms with Crippen molar-refractivity contribution in [2.24, 2.45) is 0 Å². The van der Waals surface area contributed by atoms with E-state index in [2.05, 4.69) is 17.0 Å². The molecule has 0 N–H and O–H groups in total. The molecule has 2 aromatic carbocycles. The van der Waals surface area contributed by atoms with Crippen molar-refractivity contribution >= 4 is 15.7 Å². The molecule has 2 fully saturated rings. The molecule has 1 unspecified atom stereocenters. The zero-order valence-electron chi connectivity index (χ0n) is 22.2. The fourth-order valence-corrected chi connectivity index (χ4v) is 7.43. The van der Waals surface area contributed by atoms with Crippen molar-refractivity contribution in [3.8, 4) is 16.9 Å². The molecule has 10 heteroatoms. The molecule has 6 rings (SSSR count). The van der Waals surface area contributed by atoms with Crippen LogP contribution in [0.2, 0.25) is 0 Å². The number of hydrogen-bond acceptors (Lipinski definition) is 7. The van der Waals surface area contributed by atoms with Gasteiger partial charge in [-0.05, 0) is 49.9 Å².